The molecule has 1 aromatic heterocycles. The van der Waals surface area contributed by atoms with Crippen molar-refractivity contribution in [3.8, 4) is 5.75 Å². The number of hydrogen-bond acceptors (Lipinski definition) is 3. The van der Waals surface area contributed by atoms with E-state index >= 15 is 0 Å². The molecule has 0 fully saturated rings. The van der Waals surface area contributed by atoms with E-state index < -0.39 is 0 Å². The summed E-state index contributed by atoms with van der Waals surface area (Å²) in [7, 11) is 0. The maximum atomic E-state index is 5.68. The SMILES string of the molecule is Cc1nc2c(OC(C)C)cccc2s1. The number of ether oxygens (including phenoxy) is 1. The van der Waals surface area contributed by atoms with Crippen LogP contribution in [0.1, 0.15) is 18.9 Å². The standard InChI is InChI=1S/C11H13NOS/c1-7(2)13-9-5-4-6-10-11(9)12-8(3)14-10/h4-7H,1-3H3. The lowest BCUT2D eigenvalue weighted by Crippen LogP contribution is -2.05. The van der Waals surface area contributed by atoms with E-state index in [1.807, 2.05) is 32.9 Å². The van der Waals surface area contributed by atoms with Crippen molar-refractivity contribution in [2.45, 2.75) is 26.9 Å². The van der Waals surface area contributed by atoms with Gasteiger partial charge in [-0.2, -0.15) is 0 Å². The van der Waals surface area contributed by atoms with E-state index in [0.29, 0.717) is 0 Å². The summed E-state index contributed by atoms with van der Waals surface area (Å²) in [5, 5.41) is 1.08. The normalized spacial score (nSPS) is 11.1. The van der Waals surface area contributed by atoms with Gasteiger partial charge in [-0.25, -0.2) is 4.98 Å². The molecule has 0 aliphatic carbocycles. The highest BCUT2D eigenvalue weighted by Crippen LogP contribution is 2.29. The third-order valence-corrected chi connectivity index (χ3v) is 2.79. The fourth-order valence-corrected chi connectivity index (χ4v) is 2.23. The highest BCUT2D eigenvalue weighted by Gasteiger charge is 2.07. The summed E-state index contributed by atoms with van der Waals surface area (Å²) < 4.78 is 6.88. The average Bonchev–Trinajstić information content (AvgIpc) is 2.45. The molecule has 0 amide bonds. The maximum Gasteiger partial charge on any atom is 0.146 e. The molecule has 0 bridgehead atoms. The largest absolute Gasteiger partial charge is 0.489 e. The molecule has 3 heteroatoms. The van der Waals surface area contributed by atoms with Crippen molar-refractivity contribution >= 4 is 21.6 Å². The molecule has 2 aromatic rings. The molecular formula is C11H13NOS. The molecule has 74 valence electrons. The minimum atomic E-state index is 0.197. The molecule has 0 radical (unpaired) electrons. The number of para-hydroxylation sites is 1. The predicted molar refractivity (Wildman–Crippen MR) is 60.1 cm³/mol. The van der Waals surface area contributed by atoms with Gasteiger partial charge in [0.2, 0.25) is 0 Å². The minimum Gasteiger partial charge on any atom is -0.489 e. The highest BCUT2D eigenvalue weighted by molar-refractivity contribution is 7.18. The maximum absolute atomic E-state index is 5.68. The first-order valence-corrected chi connectivity index (χ1v) is 5.51. The van der Waals surface area contributed by atoms with Crippen molar-refractivity contribution in [1.29, 1.82) is 0 Å². The van der Waals surface area contributed by atoms with Gasteiger partial charge in [-0.05, 0) is 32.9 Å². The van der Waals surface area contributed by atoms with Crippen LogP contribution in [0.25, 0.3) is 10.2 Å². The molecule has 1 heterocycles. The first-order valence-electron chi connectivity index (χ1n) is 4.69. The van der Waals surface area contributed by atoms with Gasteiger partial charge in [-0.15, -0.1) is 11.3 Å². The van der Waals surface area contributed by atoms with Crippen molar-refractivity contribution in [1.82, 2.24) is 4.98 Å². The molecular weight excluding hydrogens is 194 g/mol. The lowest BCUT2D eigenvalue weighted by atomic mass is 10.3. The van der Waals surface area contributed by atoms with E-state index in [2.05, 4.69) is 11.1 Å². The smallest absolute Gasteiger partial charge is 0.146 e. The van der Waals surface area contributed by atoms with Crippen LogP contribution in [-0.4, -0.2) is 11.1 Å². The summed E-state index contributed by atoms with van der Waals surface area (Å²) in [5.41, 5.74) is 0.990. The zero-order valence-corrected chi connectivity index (χ0v) is 9.39. The summed E-state index contributed by atoms with van der Waals surface area (Å²) in [6.45, 7) is 6.07. The molecule has 0 atom stereocenters. The second kappa shape index (κ2) is 3.58. The number of benzene rings is 1. The van der Waals surface area contributed by atoms with Crippen molar-refractivity contribution in [2.75, 3.05) is 0 Å². The molecule has 0 spiro atoms. The fourth-order valence-electron chi connectivity index (χ4n) is 1.38. The second-order valence-corrected chi connectivity index (χ2v) is 4.74. The van der Waals surface area contributed by atoms with Crippen LogP contribution in [0.5, 0.6) is 5.75 Å². The van der Waals surface area contributed by atoms with E-state index in [0.717, 1.165) is 16.3 Å². The zero-order valence-electron chi connectivity index (χ0n) is 8.57. The summed E-state index contributed by atoms with van der Waals surface area (Å²) in [6, 6.07) is 6.06. The lowest BCUT2D eigenvalue weighted by molar-refractivity contribution is 0.245. The van der Waals surface area contributed by atoms with E-state index in [9.17, 15) is 0 Å². The molecule has 0 saturated heterocycles. The fraction of sp³-hybridized carbons (Fsp3) is 0.364. The van der Waals surface area contributed by atoms with Gasteiger partial charge in [-0.3, -0.25) is 0 Å². The molecule has 0 aliphatic rings. The van der Waals surface area contributed by atoms with Gasteiger partial charge in [0.1, 0.15) is 11.3 Å². The monoisotopic (exact) mass is 207 g/mol. The van der Waals surface area contributed by atoms with Crippen LogP contribution in [-0.2, 0) is 0 Å². The number of fused-ring (bicyclic) bond motifs is 1. The summed E-state index contributed by atoms with van der Waals surface area (Å²) in [4.78, 5) is 4.46. The number of aromatic nitrogens is 1. The van der Waals surface area contributed by atoms with Crippen LogP contribution in [0, 0.1) is 6.92 Å². The van der Waals surface area contributed by atoms with Gasteiger partial charge < -0.3 is 4.74 Å². The third kappa shape index (κ3) is 1.73. The predicted octanol–water partition coefficient (Wildman–Crippen LogP) is 3.39. The zero-order chi connectivity index (χ0) is 10.1. The summed E-state index contributed by atoms with van der Waals surface area (Å²) >= 11 is 1.70. The van der Waals surface area contributed by atoms with Crippen LogP contribution in [0.2, 0.25) is 0 Å². The molecule has 1 aromatic carbocycles. The van der Waals surface area contributed by atoms with E-state index in [-0.39, 0.29) is 6.10 Å². The first-order chi connectivity index (χ1) is 6.66. The average molecular weight is 207 g/mol. The molecule has 2 rings (SSSR count). The van der Waals surface area contributed by atoms with Crippen LogP contribution in [0.3, 0.4) is 0 Å². The van der Waals surface area contributed by atoms with E-state index in [1.165, 1.54) is 4.70 Å². The summed E-state index contributed by atoms with van der Waals surface area (Å²) in [5.74, 6) is 0.891. The Morgan fingerprint density at radius 2 is 2.14 bits per heavy atom. The molecule has 0 saturated carbocycles. The first kappa shape index (κ1) is 9.46. The minimum absolute atomic E-state index is 0.197. The number of thiazole rings is 1. The Balaban J connectivity index is 2.53. The number of rotatable bonds is 2. The van der Waals surface area contributed by atoms with Gasteiger partial charge in [0.15, 0.2) is 0 Å². The van der Waals surface area contributed by atoms with Crippen LogP contribution < -0.4 is 4.74 Å². The molecule has 0 unspecified atom stereocenters. The highest BCUT2D eigenvalue weighted by atomic mass is 32.1. The van der Waals surface area contributed by atoms with Gasteiger partial charge in [0.05, 0.1) is 15.8 Å². The molecule has 2 nitrogen and oxygen atoms in total. The third-order valence-electron chi connectivity index (χ3n) is 1.85. The van der Waals surface area contributed by atoms with Crippen molar-refractivity contribution in [3.05, 3.63) is 23.2 Å². The number of nitrogens with zero attached hydrogens (tertiary/aromatic N) is 1. The van der Waals surface area contributed by atoms with Gasteiger partial charge >= 0.3 is 0 Å². The number of aryl methyl sites for hydroxylation is 1. The molecule has 14 heavy (non-hydrogen) atoms. The summed E-state index contributed by atoms with van der Waals surface area (Å²) in [6.07, 6.45) is 0.197. The van der Waals surface area contributed by atoms with Crippen LogP contribution in [0.4, 0.5) is 0 Å². The van der Waals surface area contributed by atoms with Gasteiger partial charge in [0, 0.05) is 0 Å². The lowest BCUT2D eigenvalue weighted by Gasteiger charge is -2.09. The number of hydrogen-bond donors (Lipinski definition) is 0. The Bertz CT molecular complexity index is 447. The van der Waals surface area contributed by atoms with Crippen molar-refractivity contribution in [3.63, 3.8) is 0 Å². The van der Waals surface area contributed by atoms with Crippen LogP contribution in [0.15, 0.2) is 18.2 Å². The Morgan fingerprint density at radius 1 is 1.36 bits per heavy atom. The quantitative estimate of drug-likeness (QED) is 0.753. The van der Waals surface area contributed by atoms with E-state index in [4.69, 9.17) is 4.74 Å². The van der Waals surface area contributed by atoms with Gasteiger partial charge in [-0.1, -0.05) is 6.07 Å². The second-order valence-electron chi connectivity index (χ2n) is 3.50. The van der Waals surface area contributed by atoms with Crippen molar-refractivity contribution < 1.29 is 4.74 Å². The Labute approximate surface area is 87.5 Å². The Kier molecular flexibility index (Phi) is 2.42. The van der Waals surface area contributed by atoms with Gasteiger partial charge in [0.25, 0.3) is 0 Å². The Hall–Kier alpha value is -1.09. The molecule has 0 N–H and O–H groups in total. The van der Waals surface area contributed by atoms with E-state index in [1.54, 1.807) is 11.3 Å². The van der Waals surface area contributed by atoms with Crippen molar-refractivity contribution in [2.24, 2.45) is 0 Å². The Morgan fingerprint density at radius 3 is 2.86 bits per heavy atom. The molecule has 0 aliphatic heterocycles. The topological polar surface area (TPSA) is 22.1 Å². The van der Waals surface area contributed by atoms with Crippen LogP contribution >= 0.6 is 11.3 Å².